The van der Waals surface area contributed by atoms with Crippen LogP contribution in [-0.4, -0.2) is 29.4 Å². The molecule has 2 rings (SSSR count). The Labute approximate surface area is 103 Å². The standard InChI is InChI=1S/C11H10ClN3O2/c1-16-9-4-3-7(5-10(9)17-2)8-6-13-15-11(12)14-8/h3-6H,1-2H3. The Hall–Kier alpha value is -1.88. The fourth-order valence-corrected chi connectivity index (χ4v) is 1.55. The van der Waals surface area contributed by atoms with Crippen LogP contribution >= 0.6 is 11.6 Å². The van der Waals surface area contributed by atoms with Gasteiger partial charge in [-0.2, -0.15) is 5.10 Å². The van der Waals surface area contributed by atoms with E-state index in [0.29, 0.717) is 17.2 Å². The molecule has 0 radical (unpaired) electrons. The number of rotatable bonds is 3. The Morgan fingerprint density at radius 2 is 1.88 bits per heavy atom. The summed E-state index contributed by atoms with van der Waals surface area (Å²) < 4.78 is 10.4. The molecule has 1 heterocycles. The monoisotopic (exact) mass is 251 g/mol. The van der Waals surface area contributed by atoms with Gasteiger partial charge in [0, 0.05) is 5.56 Å². The van der Waals surface area contributed by atoms with E-state index in [2.05, 4.69) is 15.2 Å². The molecule has 0 atom stereocenters. The molecular formula is C11H10ClN3O2. The predicted molar refractivity (Wildman–Crippen MR) is 63.4 cm³/mol. The SMILES string of the molecule is COc1ccc(-c2cnnc(Cl)n2)cc1OC. The second kappa shape index (κ2) is 4.97. The normalized spacial score (nSPS) is 10.1. The lowest BCUT2D eigenvalue weighted by Crippen LogP contribution is -1.93. The summed E-state index contributed by atoms with van der Waals surface area (Å²) in [4.78, 5) is 4.07. The minimum atomic E-state index is 0.109. The maximum absolute atomic E-state index is 5.69. The lowest BCUT2D eigenvalue weighted by atomic mass is 10.1. The molecule has 0 saturated carbocycles. The van der Waals surface area contributed by atoms with Gasteiger partial charge in [-0.1, -0.05) is 0 Å². The average Bonchev–Trinajstić information content (AvgIpc) is 2.38. The number of hydrogen-bond donors (Lipinski definition) is 0. The lowest BCUT2D eigenvalue weighted by Gasteiger charge is -2.08. The highest BCUT2D eigenvalue weighted by molar-refractivity contribution is 6.28. The predicted octanol–water partition coefficient (Wildman–Crippen LogP) is 2.21. The Kier molecular flexibility index (Phi) is 3.39. The van der Waals surface area contributed by atoms with E-state index in [0.717, 1.165) is 5.56 Å². The molecule has 17 heavy (non-hydrogen) atoms. The molecule has 0 N–H and O–H groups in total. The van der Waals surface area contributed by atoms with Crippen LogP contribution < -0.4 is 9.47 Å². The van der Waals surface area contributed by atoms with E-state index < -0.39 is 0 Å². The van der Waals surface area contributed by atoms with Crippen LogP contribution in [0.2, 0.25) is 5.28 Å². The van der Waals surface area contributed by atoms with Crippen molar-refractivity contribution >= 4 is 11.6 Å². The van der Waals surface area contributed by atoms with Crippen LogP contribution in [0.3, 0.4) is 0 Å². The van der Waals surface area contributed by atoms with E-state index in [9.17, 15) is 0 Å². The summed E-state index contributed by atoms with van der Waals surface area (Å²) in [7, 11) is 3.16. The lowest BCUT2D eigenvalue weighted by molar-refractivity contribution is 0.355. The van der Waals surface area contributed by atoms with E-state index >= 15 is 0 Å². The first-order valence-corrected chi connectivity index (χ1v) is 5.20. The van der Waals surface area contributed by atoms with Gasteiger partial charge < -0.3 is 9.47 Å². The second-order valence-corrected chi connectivity index (χ2v) is 3.52. The number of benzene rings is 1. The van der Waals surface area contributed by atoms with Crippen molar-refractivity contribution in [3.8, 4) is 22.8 Å². The van der Waals surface area contributed by atoms with Crippen molar-refractivity contribution in [2.75, 3.05) is 14.2 Å². The molecule has 0 bridgehead atoms. The molecule has 0 aliphatic carbocycles. The fourth-order valence-electron chi connectivity index (χ4n) is 1.42. The highest BCUT2D eigenvalue weighted by Gasteiger charge is 2.07. The summed E-state index contributed by atoms with van der Waals surface area (Å²) in [5, 5.41) is 7.44. The van der Waals surface area contributed by atoms with E-state index in [1.165, 1.54) is 6.20 Å². The smallest absolute Gasteiger partial charge is 0.243 e. The summed E-state index contributed by atoms with van der Waals surface area (Å²) in [5.74, 6) is 1.28. The van der Waals surface area contributed by atoms with Crippen LogP contribution in [0.5, 0.6) is 11.5 Å². The third kappa shape index (κ3) is 2.45. The third-order valence-electron chi connectivity index (χ3n) is 2.21. The maximum atomic E-state index is 5.69. The number of nitrogens with zero attached hydrogens (tertiary/aromatic N) is 3. The van der Waals surface area contributed by atoms with E-state index in [1.54, 1.807) is 26.4 Å². The highest BCUT2D eigenvalue weighted by Crippen LogP contribution is 2.31. The van der Waals surface area contributed by atoms with Crippen LogP contribution in [0.1, 0.15) is 0 Å². The largest absolute Gasteiger partial charge is 0.493 e. The van der Waals surface area contributed by atoms with Crippen molar-refractivity contribution in [1.29, 1.82) is 0 Å². The van der Waals surface area contributed by atoms with Crippen molar-refractivity contribution in [3.05, 3.63) is 29.7 Å². The Balaban J connectivity index is 2.46. The maximum Gasteiger partial charge on any atom is 0.243 e. The molecule has 1 aromatic carbocycles. The molecule has 0 aliphatic heterocycles. The minimum absolute atomic E-state index is 0.109. The zero-order chi connectivity index (χ0) is 12.3. The van der Waals surface area contributed by atoms with E-state index in [1.807, 2.05) is 6.07 Å². The number of ether oxygens (including phenoxy) is 2. The molecule has 0 spiro atoms. The summed E-state index contributed by atoms with van der Waals surface area (Å²) in [6.45, 7) is 0. The summed E-state index contributed by atoms with van der Waals surface area (Å²) in [6, 6.07) is 5.45. The van der Waals surface area contributed by atoms with Crippen molar-refractivity contribution in [1.82, 2.24) is 15.2 Å². The van der Waals surface area contributed by atoms with Crippen LogP contribution in [0, 0.1) is 0 Å². The molecule has 5 nitrogen and oxygen atoms in total. The zero-order valence-corrected chi connectivity index (χ0v) is 10.1. The van der Waals surface area contributed by atoms with Gasteiger partial charge >= 0.3 is 0 Å². The molecule has 0 fully saturated rings. The van der Waals surface area contributed by atoms with Gasteiger partial charge in [0.05, 0.1) is 26.1 Å². The van der Waals surface area contributed by atoms with Crippen LogP contribution in [0.4, 0.5) is 0 Å². The molecular weight excluding hydrogens is 242 g/mol. The van der Waals surface area contributed by atoms with Crippen LogP contribution in [-0.2, 0) is 0 Å². The quantitative estimate of drug-likeness (QED) is 0.837. The fraction of sp³-hybridized carbons (Fsp3) is 0.182. The van der Waals surface area contributed by atoms with Crippen LogP contribution in [0.25, 0.3) is 11.3 Å². The number of halogens is 1. The van der Waals surface area contributed by atoms with Gasteiger partial charge in [0.15, 0.2) is 11.5 Å². The third-order valence-corrected chi connectivity index (χ3v) is 2.37. The van der Waals surface area contributed by atoms with Gasteiger partial charge in [-0.25, -0.2) is 4.98 Å². The molecule has 0 aliphatic rings. The molecule has 88 valence electrons. The zero-order valence-electron chi connectivity index (χ0n) is 9.35. The topological polar surface area (TPSA) is 57.1 Å². The molecule has 1 aromatic heterocycles. The van der Waals surface area contributed by atoms with Gasteiger partial charge in [0.1, 0.15) is 0 Å². The van der Waals surface area contributed by atoms with Gasteiger partial charge in [0.25, 0.3) is 0 Å². The first-order chi connectivity index (χ1) is 8.24. The van der Waals surface area contributed by atoms with Gasteiger partial charge in [-0.3, -0.25) is 0 Å². The molecule has 2 aromatic rings. The summed E-state index contributed by atoms with van der Waals surface area (Å²) in [5.41, 5.74) is 1.46. The van der Waals surface area contributed by atoms with Gasteiger partial charge in [-0.05, 0) is 29.8 Å². The molecule has 0 saturated heterocycles. The summed E-state index contributed by atoms with van der Waals surface area (Å²) >= 11 is 5.69. The summed E-state index contributed by atoms with van der Waals surface area (Å²) in [6.07, 6.45) is 1.53. The second-order valence-electron chi connectivity index (χ2n) is 3.18. The van der Waals surface area contributed by atoms with Crippen molar-refractivity contribution in [2.45, 2.75) is 0 Å². The number of methoxy groups -OCH3 is 2. The van der Waals surface area contributed by atoms with Crippen molar-refractivity contribution in [2.24, 2.45) is 0 Å². The minimum Gasteiger partial charge on any atom is -0.493 e. The highest BCUT2D eigenvalue weighted by atomic mass is 35.5. The number of aromatic nitrogens is 3. The van der Waals surface area contributed by atoms with Crippen LogP contribution in [0.15, 0.2) is 24.4 Å². The van der Waals surface area contributed by atoms with Crippen molar-refractivity contribution < 1.29 is 9.47 Å². The Morgan fingerprint density at radius 1 is 1.12 bits per heavy atom. The number of hydrogen-bond acceptors (Lipinski definition) is 5. The first kappa shape index (κ1) is 11.6. The Bertz CT molecular complexity index is 534. The molecule has 0 unspecified atom stereocenters. The van der Waals surface area contributed by atoms with E-state index in [-0.39, 0.29) is 5.28 Å². The Morgan fingerprint density at radius 3 is 2.53 bits per heavy atom. The first-order valence-electron chi connectivity index (χ1n) is 4.82. The van der Waals surface area contributed by atoms with Crippen molar-refractivity contribution in [3.63, 3.8) is 0 Å². The van der Waals surface area contributed by atoms with Gasteiger partial charge in [-0.15, -0.1) is 5.10 Å². The average molecular weight is 252 g/mol. The van der Waals surface area contributed by atoms with Gasteiger partial charge in [0.2, 0.25) is 5.28 Å². The van der Waals surface area contributed by atoms with E-state index in [4.69, 9.17) is 21.1 Å². The molecule has 0 amide bonds. The molecule has 6 heteroatoms.